The summed E-state index contributed by atoms with van der Waals surface area (Å²) in [6, 6.07) is 4.61. The van der Waals surface area contributed by atoms with E-state index in [0.717, 1.165) is 48.3 Å². The van der Waals surface area contributed by atoms with Crippen LogP contribution in [0.1, 0.15) is 48.5 Å². The Labute approximate surface area is 247 Å². The highest BCUT2D eigenvalue weighted by atomic mass is 32.2. The number of sulfone groups is 2. The molecule has 14 heteroatoms. The highest BCUT2D eigenvalue weighted by Crippen LogP contribution is 2.45. The van der Waals surface area contributed by atoms with Gasteiger partial charge in [-0.2, -0.15) is 0 Å². The highest BCUT2D eigenvalue weighted by Gasteiger charge is 2.39. The van der Waals surface area contributed by atoms with Crippen molar-refractivity contribution in [2.24, 2.45) is 0 Å². The minimum absolute atomic E-state index is 0.0474. The van der Waals surface area contributed by atoms with E-state index < -0.39 is 19.7 Å². The molecule has 12 nitrogen and oxygen atoms in total. The van der Waals surface area contributed by atoms with Gasteiger partial charge in [0.2, 0.25) is 5.91 Å². The van der Waals surface area contributed by atoms with Crippen molar-refractivity contribution in [1.29, 1.82) is 0 Å². The van der Waals surface area contributed by atoms with Crippen molar-refractivity contribution < 1.29 is 26.4 Å². The number of amides is 1. The first kappa shape index (κ1) is 29.1. The number of ether oxygens (including phenoxy) is 1. The molecule has 1 aromatic heterocycles. The molecule has 3 fully saturated rings. The van der Waals surface area contributed by atoms with Crippen molar-refractivity contribution in [3.8, 4) is 5.75 Å². The number of benzene rings is 1. The number of hydrogen-bond acceptors (Lipinski definition) is 11. The molecular formula is C28H38N6O6S2. The van der Waals surface area contributed by atoms with E-state index in [9.17, 15) is 21.6 Å². The Kier molecular flexibility index (Phi) is 7.59. The van der Waals surface area contributed by atoms with E-state index in [1.54, 1.807) is 4.90 Å². The lowest BCUT2D eigenvalue weighted by Crippen LogP contribution is -2.51. The minimum Gasteiger partial charge on any atom is -0.483 e. The number of hydrogen-bond donors (Lipinski definition) is 1. The van der Waals surface area contributed by atoms with E-state index in [-0.39, 0.29) is 35.7 Å². The second kappa shape index (κ2) is 10.9. The molecule has 3 saturated heterocycles. The summed E-state index contributed by atoms with van der Waals surface area (Å²) in [6.07, 6.45) is 3.29. The van der Waals surface area contributed by atoms with Gasteiger partial charge in [-0.05, 0) is 37.5 Å². The number of aromatic nitrogens is 2. The van der Waals surface area contributed by atoms with Gasteiger partial charge in [-0.1, -0.05) is 6.07 Å². The van der Waals surface area contributed by atoms with Gasteiger partial charge >= 0.3 is 0 Å². The van der Waals surface area contributed by atoms with Crippen LogP contribution in [0.15, 0.2) is 18.5 Å². The van der Waals surface area contributed by atoms with Gasteiger partial charge in [0, 0.05) is 63.9 Å². The van der Waals surface area contributed by atoms with E-state index in [2.05, 4.69) is 32.3 Å². The Morgan fingerprint density at radius 3 is 2.57 bits per heavy atom. The van der Waals surface area contributed by atoms with Crippen molar-refractivity contribution >= 4 is 42.9 Å². The second-order valence-corrected chi connectivity index (χ2v) is 16.6. The fourth-order valence-electron chi connectivity index (χ4n) is 6.41. The number of anilines is 3. The van der Waals surface area contributed by atoms with E-state index in [0.29, 0.717) is 49.8 Å². The van der Waals surface area contributed by atoms with E-state index in [1.165, 1.54) is 11.9 Å². The van der Waals surface area contributed by atoms with Crippen LogP contribution in [-0.2, 0) is 24.5 Å². The summed E-state index contributed by atoms with van der Waals surface area (Å²) in [5, 5.41) is 3.50. The van der Waals surface area contributed by atoms with Gasteiger partial charge in [0.05, 0.1) is 28.5 Å². The zero-order valence-corrected chi connectivity index (χ0v) is 25.9. The average molecular weight is 619 g/mol. The van der Waals surface area contributed by atoms with E-state index in [4.69, 9.17) is 4.74 Å². The molecule has 6 rings (SSSR count). The summed E-state index contributed by atoms with van der Waals surface area (Å²) in [5.41, 5.74) is 3.91. The van der Waals surface area contributed by atoms with Crippen LogP contribution in [0, 0.1) is 6.92 Å². The molecule has 1 aromatic carbocycles. The number of rotatable bonds is 6. The van der Waals surface area contributed by atoms with Gasteiger partial charge in [0.25, 0.3) is 0 Å². The first-order valence-corrected chi connectivity index (χ1v) is 18.3. The third-order valence-electron chi connectivity index (χ3n) is 8.86. The fourth-order valence-corrected chi connectivity index (χ4v) is 8.15. The number of nitrogens with one attached hydrogen (secondary N) is 1. The molecule has 1 unspecified atom stereocenters. The fraction of sp³-hybridized carbons (Fsp3) is 0.607. The first-order chi connectivity index (χ1) is 19.9. The number of carbonyl (C=O) groups is 1. The quantitative estimate of drug-likeness (QED) is 0.505. The molecule has 0 radical (unpaired) electrons. The molecular weight excluding hydrogens is 580 g/mol. The molecule has 0 spiro atoms. The van der Waals surface area contributed by atoms with Crippen LogP contribution < -0.4 is 15.0 Å². The lowest BCUT2D eigenvalue weighted by atomic mass is 9.88. The highest BCUT2D eigenvalue weighted by molar-refractivity contribution is 7.91. The van der Waals surface area contributed by atoms with Gasteiger partial charge in [0.15, 0.2) is 9.84 Å². The Morgan fingerprint density at radius 2 is 1.86 bits per heavy atom. The van der Waals surface area contributed by atoms with Gasteiger partial charge < -0.3 is 19.9 Å². The Morgan fingerprint density at radius 1 is 1.12 bits per heavy atom. The van der Waals surface area contributed by atoms with Crippen LogP contribution in [-0.4, -0.2) is 111 Å². The van der Waals surface area contributed by atoms with Crippen LogP contribution in [0.5, 0.6) is 5.75 Å². The zero-order valence-electron chi connectivity index (χ0n) is 24.2. The summed E-state index contributed by atoms with van der Waals surface area (Å²) in [6.45, 7) is 7.90. The molecule has 4 aliphatic rings. The smallest absolute Gasteiger partial charge is 0.223 e. The molecule has 1 amide bonds. The minimum atomic E-state index is -3.15. The first-order valence-electron chi connectivity index (χ1n) is 14.4. The summed E-state index contributed by atoms with van der Waals surface area (Å²) >= 11 is 0. The van der Waals surface area contributed by atoms with E-state index >= 15 is 0 Å². The summed E-state index contributed by atoms with van der Waals surface area (Å²) < 4.78 is 53.4. The normalized spacial score (nSPS) is 24.2. The molecule has 228 valence electrons. The van der Waals surface area contributed by atoms with Gasteiger partial charge in [-0.3, -0.25) is 9.69 Å². The maximum atomic E-state index is 12.5. The number of carbonyl (C=O) groups excluding carboxylic acids is 1. The maximum Gasteiger partial charge on any atom is 0.223 e. The van der Waals surface area contributed by atoms with Crippen molar-refractivity contribution in [2.45, 2.75) is 44.8 Å². The van der Waals surface area contributed by atoms with Crippen molar-refractivity contribution in [3.05, 3.63) is 35.2 Å². The lowest BCUT2D eigenvalue weighted by Gasteiger charge is -2.43. The third kappa shape index (κ3) is 5.93. The second-order valence-electron chi connectivity index (χ2n) is 12.0. The Balaban J connectivity index is 1.14. The number of aryl methyl sites for hydroxylation is 1. The molecule has 2 aromatic rings. The van der Waals surface area contributed by atoms with Crippen LogP contribution in [0.25, 0.3) is 0 Å². The summed E-state index contributed by atoms with van der Waals surface area (Å²) in [5.74, 6) is 2.51. The largest absolute Gasteiger partial charge is 0.483 e. The van der Waals surface area contributed by atoms with Gasteiger partial charge in [-0.25, -0.2) is 26.8 Å². The van der Waals surface area contributed by atoms with E-state index in [1.807, 2.05) is 18.7 Å². The monoisotopic (exact) mass is 618 g/mol. The zero-order chi connectivity index (χ0) is 29.8. The van der Waals surface area contributed by atoms with Crippen LogP contribution in [0.2, 0.25) is 0 Å². The van der Waals surface area contributed by atoms with Crippen LogP contribution in [0.4, 0.5) is 17.3 Å². The predicted octanol–water partition coefficient (Wildman–Crippen LogP) is 1.65. The van der Waals surface area contributed by atoms with Gasteiger partial charge in [-0.15, -0.1) is 0 Å². The molecule has 2 atom stereocenters. The van der Waals surface area contributed by atoms with Crippen molar-refractivity contribution in [3.63, 3.8) is 0 Å². The Hall–Kier alpha value is -2.97. The van der Waals surface area contributed by atoms with Crippen molar-refractivity contribution in [1.82, 2.24) is 19.8 Å². The maximum absolute atomic E-state index is 12.5. The Bertz CT molecular complexity index is 1590. The van der Waals surface area contributed by atoms with Gasteiger partial charge in [0.1, 0.15) is 39.7 Å². The average Bonchev–Trinajstić information content (AvgIpc) is 3.32. The standard InChI is InChI=1S/C28H38N6O6S2/c1-18-12-20(21-14-34(15-21)22-4-6-33(16-22)24(35)5-9-41(3,36)37)13-23-26(18)40-19(2)25-27(31-23)29-17-30-28(25)32-7-10-42(38,39)11-8-32/h12-13,17,19,21-22H,4-11,14-16H2,1-3H3,(H,29,30,31)/t19-,22?/m1/s1. The van der Waals surface area contributed by atoms with Crippen LogP contribution >= 0.6 is 0 Å². The SMILES string of the molecule is Cc1cc(C2CN(C3CCN(C(=O)CCS(C)(=O)=O)C3)C2)cc2c1O[C@H](C)c1c(ncnc1N1CCS(=O)(=O)CC1)N2. The molecule has 5 heterocycles. The predicted molar refractivity (Wildman–Crippen MR) is 160 cm³/mol. The molecule has 1 N–H and O–H groups in total. The topological polar surface area (TPSA) is 142 Å². The molecule has 0 aliphatic carbocycles. The molecule has 4 aliphatic heterocycles. The lowest BCUT2D eigenvalue weighted by molar-refractivity contribution is -0.130. The summed E-state index contributed by atoms with van der Waals surface area (Å²) in [7, 11) is -6.18. The van der Waals surface area contributed by atoms with Crippen molar-refractivity contribution in [2.75, 3.05) is 73.0 Å². The molecule has 42 heavy (non-hydrogen) atoms. The summed E-state index contributed by atoms with van der Waals surface area (Å²) in [4.78, 5) is 27.8. The third-order valence-corrected chi connectivity index (χ3v) is 11.4. The van der Waals surface area contributed by atoms with Crippen LogP contribution in [0.3, 0.4) is 0 Å². The number of likely N-dealkylation sites (tertiary alicyclic amines) is 2. The molecule has 0 bridgehead atoms. The number of fused-ring (bicyclic) bond motifs is 2. The molecule has 0 saturated carbocycles. The number of nitrogens with zero attached hydrogens (tertiary/aromatic N) is 5.